The van der Waals surface area contributed by atoms with Gasteiger partial charge in [-0.25, -0.2) is 0 Å². The van der Waals surface area contributed by atoms with E-state index in [1.807, 2.05) is 25.1 Å². The molecular weight excluding hydrogens is 266 g/mol. The average Bonchev–Trinajstić information content (AvgIpc) is 2.36. The number of aliphatic hydroxyl groups excluding tert-OH is 1. The van der Waals surface area contributed by atoms with Crippen molar-refractivity contribution < 1.29 is 14.6 Å². The number of hydrogen-bond donors (Lipinski definition) is 1. The Morgan fingerprint density at radius 2 is 2.19 bits per heavy atom. The number of methoxy groups -OCH3 is 1. The lowest BCUT2D eigenvalue weighted by Gasteiger charge is -2.42. The molecule has 1 heterocycles. The maximum atomic E-state index is 10.6. The summed E-state index contributed by atoms with van der Waals surface area (Å²) in [6, 6.07) is 5.91. The summed E-state index contributed by atoms with van der Waals surface area (Å²) in [5, 5.41) is 10.6. The first-order valence-corrected chi connectivity index (χ1v) is 7.53. The molecule has 1 aliphatic rings. The minimum Gasteiger partial charge on any atom is -0.496 e. The zero-order valence-corrected chi connectivity index (χ0v) is 13.7. The van der Waals surface area contributed by atoms with Crippen molar-refractivity contribution in [2.75, 3.05) is 26.7 Å². The van der Waals surface area contributed by atoms with E-state index in [-0.39, 0.29) is 11.7 Å². The molecule has 2 atom stereocenters. The number of aliphatic hydroxyl groups is 1. The van der Waals surface area contributed by atoms with Gasteiger partial charge < -0.3 is 14.6 Å². The van der Waals surface area contributed by atoms with E-state index < -0.39 is 6.10 Å². The Morgan fingerprint density at radius 1 is 1.48 bits per heavy atom. The van der Waals surface area contributed by atoms with Crippen molar-refractivity contribution in [2.24, 2.45) is 0 Å². The zero-order chi connectivity index (χ0) is 15.6. The number of benzene rings is 1. The number of nitrogens with zero attached hydrogens (tertiary/aromatic N) is 1. The highest BCUT2D eigenvalue weighted by Gasteiger charge is 2.32. The molecule has 1 aromatic carbocycles. The Labute approximate surface area is 127 Å². The molecule has 1 aliphatic heterocycles. The molecule has 2 rings (SSSR count). The van der Waals surface area contributed by atoms with Crippen molar-refractivity contribution >= 4 is 0 Å². The first-order valence-electron chi connectivity index (χ1n) is 7.53. The number of hydrogen-bond acceptors (Lipinski definition) is 4. The summed E-state index contributed by atoms with van der Waals surface area (Å²) in [6.07, 6.45) is -0.374. The van der Waals surface area contributed by atoms with Gasteiger partial charge in [-0.1, -0.05) is 11.6 Å². The molecule has 1 saturated heterocycles. The van der Waals surface area contributed by atoms with Gasteiger partial charge in [-0.3, -0.25) is 4.90 Å². The minimum absolute atomic E-state index is 0.173. The molecule has 4 nitrogen and oxygen atoms in total. The van der Waals surface area contributed by atoms with Crippen LogP contribution in [-0.4, -0.2) is 48.5 Å². The number of rotatable bonds is 4. The van der Waals surface area contributed by atoms with Crippen molar-refractivity contribution in [3.63, 3.8) is 0 Å². The van der Waals surface area contributed by atoms with Gasteiger partial charge in [0.2, 0.25) is 0 Å². The third kappa shape index (κ3) is 4.19. The fourth-order valence-corrected chi connectivity index (χ4v) is 3.18. The van der Waals surface area contributed by atoms with Gasteiger partial charge in [-0.05, 0) is 39.8 Å². The van der Waals surface area contributed by atoms with Gasteiger partial charge in [0.25, 0.3) is 0 Å². The van der Waals surface area contributed by atoms with Crippen LogP contribution in [0.4, 0.5) is 0 Å². The molecule has 0 saturated carbocycles. The standard InChI is InChI=1S/C17H27NO3/c1-12-6-7-16(20-5)14(8-12)15(19)10-18-9-13(2)21-17(3,4)11-18/h6-8,13,15,19H,9-11H2,1-5H3. The van der Waals surface area contributed by atoms with Crippen molar-refractivity contribution in [3.8, 4) is 5.75 Å². The maximum absolute atomic E-state index is 10.6. The fraction of sp³-hybridized carbons (Fsp3) is 0.647. The summed E-state index contributed by atoms with van der Waals surface area (Å²) < 4.78 is 11.3. The van der Waals surface area contributed by atoms with Gasteiger partial charge >= 0.3 is 0 Å². The van der Waals surface area contributed by atoms with E-state index >= 15 is 0 Å². The van der Waals surface area contributed by atoms with Crippen LogP contribution in [0.3, 0.4) is 0 Å². The molecule has 21 heavy (non-hydrogen) atoms. The predicted octanol–water partition coefficient (Wildman–Crippen LogP) is 2.54. The molecule has 2 unspecified atom stereocenters. The second kappa shape index (κ2) is 6.34. The molecule has 0 aromatic heterocycles. The highest BCUT2D eigenvalue weighted by Crippen LogP contribution is 2.29. The molecule has 0 bridgehead atoms. The van der Waals surface area contributed by atoms with Crippen LogP contribution in [0.15, 0.2) is 18.2 Å². The van der Waals surface area contributed by atoms with E-state index in [0.29, 0.717) is 6.54 Å². The second-order valence-electron chi connectivity index (χ2n) is 6.64. The van der Waals surface area contributed by atoms with Crippen molar-refractivity contribution in [3.05, 3.63) is 29.3 Å². The van der Waals surface area contributed by atoms with Crippen LogP contribution >= 0.6 is 0 Å². The second-order valence-corrected chi connectivity index (χ2v) is 6.64. The first kappa shape index (κ1) is 16.3. The lowest BCUT2D eigenvalue weighted by Crippen LogP contribution is -2.52. The Hall–Kier alpha value is -1.10. The smallest absolute Gasteiger partial charge is 0.124 e. The quantitative estimate of drug-likeness (QED) is 0.926. The van der Waals surface area contributed by atoms with E-state index in [4.69, 9.17) is 9.47 Å². The van der Waals surface area contributed by atoms with Crippen LogP contribution in [0.25, 0.3) is 0 Å². The third-order valence-electron chi connectivity index (χ3n) is 3.82. The Bertz CT molecular complexity index is 487. The molecular formula is C17H27NO3. The van der Waals surface area contributed by atoms with Gasteiger partial charge in [0.15, 0.2) is 0 Å². The molecule has 1 N–H and O–H groups in total. The average molecular weight is 293 g/mol. The van der Waals surface area contributed by atoms with Crippen LogP contribution in [0.5, 0.6) is 5.75 Å². The Morgan fingerprint density at radius 3 is 2.81 bits per heavy atom. The topological polar surface area (TPSA) is 41.9 Å². The van der Waals surface area contributed by atoms with Gasteiger partial charge in [-0.2, -0.15) is 0 Å². The summed E-state index contributed by atoms with van der Waals surface area (Å²) in [5.74, 6) is 0.744. The summed E-state index contributed by atoms with van der Waals surface area (Å²) in [4.78, 5) is 2.26. The van der Waals surface area contributed by atoms with Gasteiger partial charge in [0.05, 0.1) is 24.9 Å². The molecule has 4 heteroatoms. The highest BCUT2D eigenvalue weighted by molar-refractivity contribution is 5.38. The van der Waals surface area contributed by atoms with Crippen molar-refractivity contribution in [1.29, 1.82) is 0 Å². The molecule has 0 aliphatic carbocycles. The van der Waals surface area contributed by atoms with E-state index in [9.17, 15) is 5.11 Å². The van der Waals surface area contributed by atoms with Crippen molar-refractivity contribution in [2.45, 2.75) is 45.5 Å². The Kier molecular flexibility index (Phi) is 4.91. The predicted molar refractivity (Wildman–Crippen MR) is 83.8 cm³/mol. The molecule has 0 radical (unpaired) electrons. The zero-order valence-electron chi connectivity index (χ0n) is 13.7. The molecule has 118 valence electrons. The normalized spacial score (nSPS) is 23.8. The summed E-state index contributed by atoms with van der Waals surface area (Å²) >= 11 is 0. The van der Waals surface area contributed by atoms with E-state index in [0.717, 1.165) is 30.0 Å². The number of ether oxygens (including phenoxy) is 2. The van der Waals surface area contributed by atoms with Gasteiger partial charge in [0, 0.05) is 25.2 Å². The third-order valence-corrected chi connectivity index (χ3v) is 3.82. The summed E-state index contributed by atoms with van der Waals surface area (Å²) in [7, 11) is 1.64. The maximum Gasteiger partial charge on any atom is 0.124 e. The van der Waals surface area contributed by atoms with E-state index in [1.165, 1.54) is 0 Å². The van der Waals surface area contributed by atoms with E-state index in [1.54, 1.807) is 7.11 Å². The van der Waals surface area contributed by atoms with Gasteiger partial charge in [-0.15, -0.1) is 0 Å². The Balaban J connectivity index is 2.10. The first-order chi connectivity index (χ1) is 9.80. The minimum atomic E-state index is -0.555. The number of aryl methyl sites for hydroxylation is 1. The van der Waals surface area contributed by atoms with Crippen molar-refractivity contribution in [1.82, 2.24) is 4.90 Å². The monoisotopic (exact) mass is 293 g/mol. The highest BCUT2D eigenvalue weighted by atomic mass is 16.5. The molecule has 0 spiro atoms. The van der Waals surface area contributed by atoms with E-state index in [2.05, 4.69) is 25.7 Å². The molecule has 0 amide bonds. The number of β-amino-alcohol motifs (C(OH)–C–C–N with tert-alkyl or cyclic N) is 1. The van der Waals surface area contributed by atoms with Crippen LogP contribution in [0, 0.1) is 6.92 Å². The largest absolute Gasteiger partial charge is 0.496 e. The lowest BCUT2D eigenvalue weighted by atomic mass is 10.0. The summed E-state index contributed by atoms with van der Waals surface area (Å²) in [6.45, 7) is 10.5. The fourth-order valence-electron chi connectivity index (χ4n) is 3.18. The lowest BCUT2D eigenvalue weighted by molar-refractivity contribution is -0.134. The van der Waals surface area contributed by atoms with Crippen LogP contribution in [0.2, 0.25) is 0 Å². The van der Waals surface area contributed by atoms with Crippen LogP contribution in [0.1, 0.15) is 38.0 Å². The van der Waals surface area contributed by atoms with Crippen LogP contribution < -0.4 is 4.74 Å². The molecule has 1 fully saturated rings. The number of morpholine rings is 1. The van der Waals surface area contributed by atoms with Gasteiger partial charge in [0.1, 0.15) is 5.75 Å². The molecule has 1 aromatic rings. The summed E-state index contributed by atoms with van der Waals surface area (Å²) in [5.41, 5.74) is 1.81. The van der Waals surface area contributed by atoms with Crippen LogP contribution in [-0.2, 0) is 4.74 Å². The SMILES string of the molecule is COc1ccc(C)cc1C(O)CN1CC(C)OC(C)(C)C1.